The fourth-order valence-corrected chi connectivity index (χ4v) is 3.69. The minimum Gasteiger partial charge on any atom is -0.508 e. The first-order chi connectivity index (χ1) is 13.8. The number of amidine groups is 1. The van der Waals surface area contributed by atoms with Gasteiger partial charge in [-0.15, -0.1) is 0 Å². The third kappa shape index (κ3) is 4.04. The Morgan fingerprint density at radius 3 is 2.62 bits per heavy atom. The van der Waals surface area contributed by atoms with Gasteiger partial charge in [0.05, 0.1) is 30.4 Å². The van der Waals surface area contributed by atoms with Crippen LogP contribution < -0.4 is 9.47 Å². The Balaban J connectivity index is 2.00. The second-order valence-electron chi connectivity index (χ2n) is 5.96. The number of carboxylic acids is 1. The van der Waals surface area contributed by atoms with Crippen molar-refractivity contribution in [2.45, 2.75) is 0 Å². The molecule has 2 N–H and O–H groups in total. The van der Waals surface area contributed by atoms with Gasteiger partial charge in [0, 0.05) is 12.6 Å². The number of hydrogen-bond donors (Lipinski definition) is 2. The molecule has 0 unspecified atom stereocenters. The van der Waals surface area contributed by atoms with E-state index in [1.165, 1.54) is 31.3 Å². The number of aromatic hydroxyl groups is 1. The van der Waals surface area contributed by atoms with Gasteiger partial charge >= 0.3 is 5.97 Å². The van der Waals surface area contributed by atoms with Crippen LogP contribution in [0.15, 0.2) is 46.3 Å². The average Bonchev–Trinajstić information content (AvgIpc) is 2.96. The second kappa shape index (κ2) is 8.27. The lowest BCUT2D eigenvalue weighted by atomic mass is 10.1. The van der Waals surface area contributed by atoms with E-state index in [2.05, 4.69) is 4.99 Å². The van der Waals surface area contributed by atoms with E-state index in [1.54, 1.807) is 31.3 Å². The van der Waals surface area contributed by atoms with Crippen molar-refractivity contribution in [3.63, 3.8) is 0 Å². The lowest BCUT2D eigenvalue weighted by molar-refractivity contribution is -0.121. The number of nitrogens with zero attached hydrogens (tertiary/aromatic N) is 2. The molecule has 0 bridgehead atoms. The molecule has 1 fully saturated rings. The van der Waals surface area contributed by atoms with Gasteiger partial charge in [0.15, 0.2) is 16.7 Å². The summed E-state index contributed by atoms with van der Waals surface area (Å²) in [6.07, 6.45) is 1.67. The van der Waals surface area contributed by atoms with Gasteiger partial charge < -0.3 is 19.7 Å². The first-order valence-corrected chi connectivity index (χ1v) is 9.21. The first kappa shape index (κ1) is 20.3. The fraction of sp³-hybridized carbons (Fsp3) is 0.150. The van der Waals surface area contributed by atoms with Crippen molar-refractivity contribution in [1.29, 1.82) is 0 Å². The molecule has 0 saturated carbocycles. The predicted molar refractivity (Wildman–Crippen MR) is 110 cm³/mol. The predicted octanol–water partition coefficient (Wildman–Crippen LogP) is 3.34. The van der Waals surface area contributed by atoms with E-state index in [1.807, 2.05) is 0 Å². The highest BCUT2D eigenvalue weighted by Crippen LogP contribution is 2.38. The topological polar surface area (TPSA) is 109 Å². The van der Waals surface area contributed by atoms with Crippen LogP contribution in [0.5, 0.6) is 17.2 Å². The normalized spacial score (nSPS) is 16.5. The summed E-state index contributed by atoms with van der Waals surface area (Å²) < 4.78 is 10.7. The van der Waals surface area contributed by atoms with Crippen molar-refractivity contribution in [1.82, 2.24) is 4.90 Å². The highest BCUT2D eigenvalue weighted by molar-refractivity contribution is 8.18. The van der Waals surface area contributed by atoms with E-state index < -0.39 is 5.97 Å². The molecule has 1 aliphatic heterocycles. The van der Waals surface area contributed by atoms with Crippen LogP contribution in [0, 0.1) is 0 Å². The summed E-state index contributed by atoms with van der Waals surface area (Å²) >= 11 is 1.11. The van der Waals surface area contributed by atoms with E-state index in [4.69, 9.17) is 9.47 Å². The molecule has 1 heterocycles. The molecule has 29 heavy (non-hydrogen) atoms. The third-order valence-corrected chi connectivity index (χ3v) is 5.21. The Morgan fingerprint density at radius 2 is 1.97 bits per heavy atom. The van der Waals surface area contributed by atoms with Crippen LogP contribution in [0.1, 0.15) is 15.9 Å². The van der Waals surface area contributed by atoms with Crippen LogP contribution in [0.2, 0.25) is 0 Å². The van der Waals surface area contributed by atoms with Gasteiger partial charge in [-0.1, -0.05) is 12.1 Å². The summed E-state index contributed by atoms with van der Waals surface area (Å²) in [5, 5.41) is 19.2. The van der Waals surface area contributed by atoms with E-state index in [0.717, 1.165) is 17.8 Å². The van der Waals surface area contributed by atoms with Crippen LogP contribution in [0.4, 0.5) is 5.69 Å². The lowest BCUT2D eigenvalue weighted by Crippen LogP contribution is -2.23. The number of aromatic carboxylic acids is 1. The zero-order valence-corrected chi connectivity index (χ0v) is 16.7. The number of methoxy groups -OCH3 is 2. The van der Waals surface area contributed by atoms with Gasteiger partial charge in [-0.3, -0.25) is 9.69 Å². The SMILES string of the molecule is COc1cccc(/C=C2\SC(=Nc3ccc(O)cc3C(=O)O)N(C)C2=O)c1OC. The maximum Gasteiger partial charge on any atom is 0.338 e. The largest absolute Gasteiger partial charge is 0.508 e. The molecule has 1 saturated heterocycles. The molecule has 1 aliphatic rings. The van der Waals surface area contributed by atoms with E-state index in [-0.39, 0.29) is 22.9 Å². The molecule has 0 radical (unpaired) electrons. The van der Waals surface area contributed by atoms with Crippen LogP contribution >= 0.6 is 11.8 Å². The molecule has 1 amide bonds. The first-order valence-electron chi connectivity index (χ1n) is 8.39. The summed E-state index contributed by atoms with van der Waals surface area (Å²) in [5.41, 5.74) is 0.636. The number of amides is 1. The number of carboxylic acid groups (broad SMARTS) is 1. The maximum atomic E-state index is 12.7. The third-order valence-electron chi connectivity index (χ3n) is 4.15. The number of hydrogen-bond acceptors (Lipinski definition) is 7. The Hall–Kier alpha value is -3.46. The number of benzene rings is 2. The van der Waals surface area contributed by atoms with Crippen molar-refractivity contribution >= 4 is 40.6 Å². The number of carbonyl (C=O) groups excluding carboxylic acids is 1. The molecule has 0 aliphatic carbocycles. The maximum absolute atomic E-state index is 12.7. The molecule has 150 valence electrons. The Bertz CT molecular complexity index is 1050. The van der Waals surface area contributed by atoms with Crippen molar-refractivity contribution in [3.05, 3.63) is 52.4 Å². The summed E-state index contributed by atoms with van der Waals surface area (Å²) in [6, 6.07) is 9.16. The molecule has 3 rings (SSSR count). The van der Waals surface area contributed by atoms with Crippen molar-refractivity contribution in [2.75, 3.05) is 21.3 Å². The molecule has 9 heteroatoms. The number of phenolic OH excluding ortho intramolecular Hbond substituents is 1. The highest BCUT2D eigenvalue weighted by Gasteiger charge is 2.31. The van der Waals surface area contributed by atoms with Crippen LogP contribution in [0.25, 0.3) is 6.08 Å². The number of thioether (sulfide) groups is 1. The van der Waals surface area contributed by atoms with Gasteiger partial charge in [0.25, 0.3) is 5.91 Å². The highest BCUT2D eigenvalue weighted by atomic mass is 32.2. The number of likely N-dealkylation sites (N-methyl/N-ethyl adjacent to an activating group) is 1. The Morgan fingerprint density at radius 1 is 1.21 bits per heavy atom. The van der Waals surface area contributed by atoms with Crippen molar-refractivity contribution in [2.24, 2.45) is 4.99 Å². The molecular formula is C20H18N2O6S. The fourth-order valence-electron chi connectivity index (χ4n) is 2.71. The van der Waals surface area contributed by atoms with Gasteiger partial charge in [-0.25, -0.2) is 9.79 Å². The summed E-state index contributed by atoms with van der Waals surface area (Å²) in [5.74, 6) is -0.658. The summed E-state index contributed by atoms with van der Waals surface area (Å²) in [6.45, 7) is 0. The minimum atomic E-state index is -1.23. The Kier molecular flexibility index (Phi) is 5.79. The van der Waals surface area contributed by atoms with E-state index in [9.17, 15) is 19.8 Å². The zero-order chi connectivity index (χ0) is 21.1. The molecule has 0 aromatic heterocycles. The number of ether oxygens (including phenoxy) is 2. The molecule has 0 atom stereocenters. The zero-order valence-electron chi connectivity index (χ0n) is 15.9. The molecule has 2 aromatic carbocycles. The van der Waals surface area contributed by atoms with Crippen molar-refractivity contribution in [3.8, 4) is 17.2 Å². The number of rotatable bonds is 5. The summed E-state index contributed by atoms with van der Waals surface area (Å²) in [7, 11) is 4.60. The van der Waals surface area contributed by atoms with Crippen molar-refractivity contribution < 1.29 is 29.3 Å². The van der Waals surface area contributed by atoms with Gasteiger partial charge in [-0.2, -0.15) is 0 Å². The van der Waals surface area contributed by atoms with Gasteiger partial charge in [0.1, 0.15) is 5.75 Å². The summed E-state index contributed by atoms with van der Waals surface area (Å²) in [4.78, 5) is 30.1. The van der Waals surface area contributed by atoms with Gasteiger partial charge in [-0.05, 0) is 42.1 Å². The lowest BCUT2D eigenvalue weighted by Gasteiger charge is -2.10. The van der Waals surface area contributed by atoms with Crippen LogP contribution in [-0.2, 0) is 4.79 Å². The monoisotopic (exact) mass is 414 g/mol. The van der Waals surface area contributed by atoms with E-state index in [0.29, 0.717) is 27.1 Å². The van der Waals surface area contributed by atoms with Crippen LogP contribution in [-0.4, -0.2) is 53.4 Å². The Labute approximate surface area is 171 Å². The minimum absolute atomic E-state index is 0.137. The smallest absolute Gasteiger partial charge is 0.338 e. The quantitative estimate of drug-likeness (QED) is 0.722. The number of aliphatic imine (C=N–C) groups is 1. The second-order valence-corrected chi connectivity index (χ2v) is 6.97. The number of para-hydroxylation sites is 1. The molecular weight excluding hydrogens is 396 g/mol. The standard InChI is InChI=1S/C20H18N2O6S/c1-22-18(24)16(9-11-5-4-6-15(27-2)17(11)28-3)29-20(22)21-14-8-7-12(23)10-13(14)19(25)26/h4-10,23H,1-3H3,(H,25,26)/b16-9-,21-20?. The number of phenols is 1. The molecule has 0 spiro atoms. The molecule has 8 nitrogen and oxygen atoms in total. The molecule has 2 aromatic rings. The average molecular weight is 414 g/mol. The van der Waals surface area contributed by atoms with Crippen LogP contribution in [0.3, 0.4) is 0 Å². The number of carbonyl (C=O) groups is 2. The van der Waals surface area contributed by atoms with E-state index >= 15 is 0 Å². The van der Waals surface area contributed by atoms with Gasteiger partial charge in [0.2, 0.25) is 0 Å².